The lowest BCUT2D eigenvalue weighted by molar-refractivity contribution is -0.130. The number of allylic oxidation sites excluding steroid dienone is 2. The number of benzene rings is 1. The number of carbonyl (C=O) groups excluding carboxylic acids is 1. The maximum absolute atomic E-state index is 11.8. The lowest BCUT2D eigenvalue weighted by Gasteiger charge is -1.98. The zero-order valence-corrected chi connectivity index (χ0v) is 13.0. The van der Waals surface area contributed by atoms with Gasteiger partial charge in [-0.25, -0.2) is 9.79 Å². The highest BCUT2D eigenvalue weighted by Crippen LogP contribution is 2.18. The maximum atomic E-state index is 11.8. The van der Waals surface area contributed by atoms with Gasteiger partial charge in [-0.15, -0.1) is 0 Å². The van der Waals surface area contributed by atoms with Gasteiger partial charge in [0.2, 0.25) is 5.90 Å². The predicted molar refractivity (Wildman–Crippen MR) is 88.1 cm³/mol. The molecule has 0 unspecified atom stereocenters. The van der Waals surface area contributed by atoms with Crippen molar-refractivity contribution in [3.8, 4) is 0 Å². The second-order valence-corrected chi connectivity index (χ2v) is 5.44. The van der Waals surface area contributed by atoms with E-state index in [-0.39, 0.29) is 11.6 Å². The van der Waals surface area contributed by atoms with Gasteiger partial charge in [-0.3, -0.25) is 4.98 Å². The molecule has 0 bridgehead atoms. The molecule has 0 atom stereocenters. The lowest BCUT2D eigenvalue weighted by atomic mass is 10.2. The van der Waals surface area contributed by atoms with Crippen molar-refractivity contribution < 1.29 is 9.53 Å². The van der Waals surface area contributed by atoms with Gasteiger partial charge in [-0.2, -0.15) is 0 Å². The van der Waals surface area contributed by atoms with Gasteiger partial charge in [0.05, 0.1) is 5.56 Å². The molecule has 5 heteroatoms. The summed E-state index contributed by atoms with van der Waals surface area (Å²) in [5, 5.41) is 0. The van der Waals surface area contributed by atoms with Crippen molar-refractivity contribution in [3.63, 3.8) is 0 Å². The molecular formula is C17H11BrN2O2. The number of ether oxygens (including phenoxy) is 1. The first-order valence-corrected chi connectivity index (χ1v) is 7.37. The first kappa shape index (κ1) is 14.4. The van der Waals surface area contributed by atoms with Crippen LogP contribution in [0.5, 0.6) is 0 Å². The number of halogens is 1. The van der Waals surface area contributed by atoms with E-state index in [9.17, 15) is 4.79 Å². The summed E-state index contributed by atoms with van der Waals surface area (Å²) in [6.07, 6.45) is 8.56. The van der Waals surface area contributed by atoms with Gasteiger partial charge < -0.3 is 4.74 Å². The Morgan fingerprint density at radius 1 is 1.14 bits per heavy atom. The lowest BCUT2D eigenvalue weighted by Crippen LogP contribution is -2.05. The monoisotopic (exact) mass is 354 g/mol. The Morgan fingerprint density at radius 2 is 1.95 bits per heavy atom. The molecule has 0 radical (unpaired) electrons. The van der Waals surface area contributed by atoms with Crippen LogP contribution in [0.15, 0.2) is 76.1 Å². The molecule has 2 heterocycles. The Labute approximate surface area is 136 Å². The standard InChI is InChI=1S/C17H11BrN2O2/c18-14-9-13(10-19-11-14)16-20-15(17(21)22-16)8-4-7-12-5-2-1-3-6-12/h1-11H. The molecule has 1 aromatic heterocycles. The summed E-state index contributed by atoms with van der Waals surface area (Å²) in [5.41, 5.74) is 1.96. The quantitative estimate of drug-likeness (QED) is 0.623. The van der Waals surface area contributed by atoms with Crippen molar-refractivity contribution in [2.24, 2.45) is 4.99 Å². The summed E-state index contributed by atoms with van der Waals surface area (Å²) in [5.74, 6) is -0.203. The fourth-order valence-electron chi connectivity index (χ4n) is 1.89. The van der Waals surface area contributed by atoms with Crippen molar-refractivity contribution in [1.82, 2.24) is 4.98 Å². The van der Waals surface area contributed by atoms with E-state index in [2.05, 4.69) is 25.9 Å². The van der Waals surface area contributed by atoms with Crippen LogP contribution in [-0.2, 0) is 9.53 Å². The smallest absolute Gasteiger partial charge is 0.363 e. The van der Waals surface area contributed by atoms with E-state index in [1.54, 1.807) is 30.6 Å². The third kappa shape index (κ3) is 3.38. The fraction of sp³-hybridized carbons (Fsp3) is 0. The van der Waals surface area contributed by atoms with Crippen LogP contribution in [0, 0.1) is 0 Å². The Balaban J connectivity index is 1.81. The minimum Gasteiger partial charge on any atom is -0.402 e. The van der Waals surface area contributed by atoms with E-state index in [0.717, 1.165) is 10.0 Å². The van der Waals surface area contributed by atoms with Crippen molar-refractivity contribution in [3.05, 3.63) is 82.2 Å². The Bertz CT molecular complexity index is 795. The normalized spacial score (nSPS) is 16.1. The number of hydrogen-bond acceptors (Lipinski definition) is 4. The van der Waals surface area contributed by atoms with Crippen LogP contribution in [0.3, 0.4) is 0 Å². The molecule has 0 N–H and O–H groups in total. The van der Waals surface area contributed by atoms with Crippen molar-refractivity contribution in [2.75, 3.05) is 0 Å². The van der Waals surface area contributed by atoms with Crippen molar-refractivity contribution in [2.45, 2.75) is 0 Å². The van der Waals surface area contributed by atoms with Gasteiger partial charge in [0.1, 0.15) is 0 Å². The zero-order valence-electron chi connectivity index (χ0n) is 11.4. The number of rotatable bonds is 3. The second kappa shape index (κ2) is 6.49. The highest BCUT2D eigenvalue weighted by Gasteiger charge is 2.23. The van der Waals surface area contributed by atoms with E-state index in [4.69, 9.17) is 4.74 Å². The fourth-order valence-corrected chi connectivity index (χ4v) is 2.25. The van der Waals surface area contributed by atoms with Gasteiger partial charge in [-0.05, 0) is 33.6 Å². The largest absolute Gasteiger partial charge is 0.402 e. The average Bonchev–Trinajstić information content (AvgIpc) is 2.90. The van der Waals surface area contributed by atoms with Crippen LogP contribution in [-0.4, -0.2) is 16.9 Å². The number of pyridine rings is 1. The van der Waals surface area contributed by atoms with Crippen LogP contribution in [0.25, 0.3) is 6.08 Å². The van der Waals surface area contributed by atoms with Crippen LogP contribution < -0.4 is 0 Å². The van der Waals surface area contributed by atoms with Crippen LogP contribution in [0.4, 0.5) is 0 Å². The molecule has 1 aliphatic heterocycles. The molecule has 0 aliphatic carbocycles. The first-order valence-electron chi connectivity index (χ1n) is 6.57. The molecule has 3 rings (SSSR count). The van der Waals surface area contributed by atoms with Crippen molar-refractivity contribution >= 4 is 33.9 Å². The third-order valence-corrected chi connectivity index (χ3v) is 3.35. The minimum absolute atomic E-state index is 0.262. The average molecular weight is 355 g/mol. The van der Waals surface area contributed by atoms with E-state index >= 15 is 0 Å². The predicted octanol–water partition coefficient (Wildman–Crippen LogP) is 3.74. The second-order valence-electron chi connectivity index (χ2n) is 4.52. The molecule has 22 heavy (non-hydrogen) atoms. The number of carbonyl (C=O) groups is 1. The zero-order chi connectivity index (χ0) is 15.4. The van der Waals surface area contributed by atoms with E-state index in [0.29, 0.717) is 5.56 Å². The minimum atomic E-state index is -0.465. The van der Waals surface area contributed by atoms with Gasteiger partial charge in [0.25, 0.3) is 0 Å². The van der Waals surface area contributed by atoms with Crippen LogP contribution in [0.2, 0.25) is 0 Å². The number of esters is 1. The molecule has 0 saturated heterocycles. The van der Waals surface area contributed by atoms with Gasteiger partial charge in [0.15, 0.2) is 5.70 Å². The van der Waals surface area contributed by atoms with Crippen LogP contribution in [0.1, 0.15) is 11.1 Å². The Hall–Kier alpha value is -2.53. The molecule has 0 saturated carbocycles. The van der Waals surface area contributed by atoms with E-state index < -0.39 is 5.97 Å². The summed E-state index contributed by atoms with van der Waals surface area (Å²) in [6.45, 7) is 0. The summed E-state index contributed by atoms with van der Waals surface area (Å²) in [7, 11) is 0. The molecule has 0 amide bonds. The molecule has 1 aliphatic rings. The van der Waals surface area contributed by atoms with E-state index in [1.807, 2.05) is 36.4 Å². The summed E-state index contributed by atoms with van der Waals surface area (Å²) in [4.78, 5) is 20.0. The van der Waals surface area contributed by atoms with E-state index in [1.165, 1.54) is 0 Å². The molecule has 4 nitrogen and oxygen atoms in total. The molecule has 0 spiro atoms. The highest BCUT2D eigenvalue weighted by molar-refractivity contribution is 9.10. The van der Waals surface area contributed by atoms with Gasteiger partial charge in [-0.1, -0.05) is 42.5 Å². The number of nitrogens with zero attached hydrogens (tertiary/aromatic N) is 2. The highest BCUT2D eigenvalue weighted by atomic mass is 79.9. The summed E-state index contributed by atoms with van der Waals surface area (Å²) >= 11 is 3.32. The summed E-state index contributed by atoms with van der Waals surface area (Å²) in [6, 6.07) is 11.6. The van der Waals surface area contributed by atoms with Gasteiger partial charge >= 0.3 is 5.97 Å². The number of aromatic nitrogens is 1. The Morgan fingerprint density at radius 3 is 2.73 bits per heavy atom. The van der Waals surface area contributed by atoms with Crippen molar-refractivity contribution in [1.29, 1.82) is 0 Å². The number of aliphatic imine (C=N–C) groups is 1. The topological polar surface area (TPSA) is 51.5 Å². The number of hydrogen-bond donors (Lipinski definition) is 0. The molecular weight excluding hydrogens is 344 g/mol. The maximum Gasteiger partial charge on any atom is 0.363 e. The molecule has 2 aromatic rings. The molecule has 0 fully saturated rings. The molecule has 1 aromatic carbocycles. The first-order chi connectivity index (χ1) is 10.7. The number of cyclic esters (lactones) is 1. The molecule has 108 valence electrons. The third-order valence-electron chi connectivity index (χ3n) is 2.91. The van der Waals surface area contributed by atoms with Crippen LogP contribution >= 0.6 is 15.9 Å². The summed E-state index contributed by atoms with van der Waals surface area (Å²) < 4.78 is 5.96. The Kier molecular flexibility index (Phi) is 4.25. The SMILES string of the molecule is O=C1OC(c2cncc(Br)c2)=NC1=CC=Cc1ccccc1. The van der Waals surface area contributed by atoms with Gasteiger partial charge in [0, 0.05) is 16.9 Å².